The first-order valence-corrected chi connectivity index (χ1v) is 7.68. The van der Waals surface area contributed by atoms with E-state index in [2.05, 4.69) is 35.6 Å². The Bertz CT molecular complexity index is 624. The van der Waals surface area contributed by atoms with Crippen molar-refractivity contribution in [3.05, 3.63) is 69.2 Å². The smallest absolute Gasteiger partial charge is 0.0630 e. The molecular formula is C17H17Cl2N. The van der Waals surface area contributed by atoms with Crippen molar-refractivity contribution < 1.29 is 0 Å². The Labute approximate surface area is 129 Å². The first kappa shape index (κ1) is 13.9. The summed E-state index contributed by atoms with van der Waals surface area (Å²) in [7, 11) is 2.02. The average molecular weight is 306 g/mol. The zero-order valence-electron chi connectivity index (χ0n) is 11.4. The number of rotatable bonds is 2. The summed E-state index contributed by atoms with van der Waals surface area (Å²) in [6.07, 6.45) is 2.20. The highest BCUT2D eigenvalue weighted by Crippen LogP contribution is 2.44. The van der Waals surface area contributed by atoms with Crippen molar-refractivity contribution in [3.63, 3.8) is 0 Å². The zero-order chi connectivity index (χ0) is 14.1. The van der Waals surface area contributed by atoms with Gasteiger partial charge in [-0.15, -0.1) is 0 Å². The van der Waals surface area contributed by atoms with Crippen LogP contribution in [-0.2, 0) is 0 Å². The highest BCUT2D eigenvalue weighted by Gasteiger charge is 2.28. The molecule has 0 spiro atoms. The number of fused-ring (bicyclic) bond motifs is 1. The summed E-state index contributed by atoms with van der Waals surface area (Å²) in [5.74, 6) is 0.335. The maximum Gasteiger partial charge on any atom is 0.0630 e. The number of hydrogen-bond donors (Lipinski definition) is 1. The molecule has 0 saturated carbocycles. The zero-order valence-corrected chi connectivity index (χ0v) is 12.9. The molecule has 0 heterocycles. The average Bonchev–Trinajstić information content (AvgIpc) is 2.49. The second-order valence-corrected chi connectivity index (χ2v) is 6.03. The monoisotopic (exact) mass is 305 g/mol. The van der Waals surface area contributed by atoms with Gasteiger partial charge < -0.3 is 5.32 Å². The lowest BCUT2D eigenvalue weighted by Crippen LogP contribution is -2.24. The third-order valence-electron chi connectivity index (χ3n) is 4.20. The molecule has 2 aromatic carbocycles. The fourth-order valence-corrected chi connectivity index (χ4v) is 3.64. The second kappa shape index (κ2) is 5.77. The van der Waals surface area contributed by atoms with Crippen molar-refractivity contribution >= 4 is 23.2 Å². The second-order valence-electron chi connectivity index (χ2n) is 5.24. The van der Waals surface area contributed by atoms with E-state index >= 15 is 0 Å². The minimum Gasteiger partial charge on any atom is -0.313 e. The lowest BCUT2D eigenvalue weighted by Gasteiger charge is -2.32. The largest absolute Gasteiger partial charge is 0.313 e. The Kier molecular flexibility index (Phi) is 4.02. The van der Waals surface area contributed by atoms with Crippen molar-refractivity contribution in [1.82, 2.24) is 5.32 Å². The van der Waals surface area contributed by atoms with Crippen LogP contribution in [0.15, 0.2) is 42.5 Å². The van der Waals surface area contributed by atoms with Crippen LogP contribution in [-0.4, -0.2) is 7.05 Å². The summed E-state index contributed by atoms with van der Waals surface area (Å²) in [4.78, 5) is 0. The highest BCUT2D eigenvalue weighted by molar-refractivity contribution is 6.42. The molecule has 20 heavy (non-hydrogen) atoms. The Morgan fingerprint density at radius 3 is 2.35 bits per heavy atom. The van der Waals surface area contributed by atoms with Crippen LogP contribution in [0.1, 0.15) is 41.5 Å². The van der Waals surface area contributed by atoms with E-state index in [9.17, 15) is 0 Å². The van der Waals surface area contributed by atoms with Crippen LogP contribution in [0.2, 0.25) is 10.0 Å². The summed E-state index contributed by atoms with van der Waals surface area (Å²) < 4.78 is 0. The molecule has 3 rings (SSSR count). The Hall–Kier alpha value is -1.02. The number of hydrogen-bond acceptors (Lipinski definition) is 1. The fraction of sp³-hybridized carbons (Fsp3) is 0.294. The maximum atomic E-state index is 6.42. The minimum absolute atomic E-state index is 0.335. The molecule has 1 N–H and O–H groups in total. The maximum absolute atomic E-state index is 6.42. The molecule has 104 valence electrons. The van der Waals surface area contributed by atoms with E-state index in [0.717, 1.165) is 18.4 Å². The third-order valence-corrected chi connectivity index (χ3v) is 5.03. The summed E-state index contributed by atoms with van der Waals surface area (Å²) >= 11 is 12.6. The molecule has 3 heteroatoms. The molecule has 1 aliphatic carbocycles. The first-order chi connectivity index (χ1) is 9.72. The van der Waals surface area contributed by atoms with E-state index in [4.69, 9.17) is 23.2 Å². The highest BCUT2D eigenvalue weighted by atomic mass is 35.5. The molecule has 0 saturated heterocycles. The Balaban J connectivity index is 2.10. The summed E-state index contributed by atoms with van der Waals surface area (Å²) in [5.41, 5.74) is 3.88. The predicted octanol–water partition coefficient (Wildman–Crippen LogP) is 5.18. The predicted molar refractivity (Wildman–Crippen MR) is 85.8 cm³/mol. The van der Waals surface area contributed by atoms with E-state index in [-0.39, 0.29) is 0 Å². The van der Waals surface area contributed by atoms with Gasteiger partial charge in [-0.25, -0.2) is 0 Å². The van der Waals surface area contributed by atoms with Crippen molar-refractivity contribution in [3.8, 4) is 0 Å². The van der Waals surface area contributed by atoms with Gasteiger partial charge in [-0.05, 0) is 42.6 Å². The molecule has 0 fully saturated rings. The van der Waals surface area contributed by atoms with Gasteiger partial charge in [-0.1, -0.05) is 59.6 Å². The van der Waals surface area contributed by atoms with Crippen molar-refractivity contribution in [2.45, 2.75) is 24.8 Å². The fourth-order valence-electron chi connectivity index (χ4n) is 3.20. The van der Waals surface area contributed by atoms with Crippen molar-refractivity contribution in [2.75, 3.05) is 7.05 Å². The molecule has 1 nitrogen and oxygen atoms in total. The molecule has 0 bridgehead atoms. The molecule has 1 aliphatic rings. The van der Waals surface area contributed by atoms with Crippen LogP contribution in [0.5, 0.6) is 0 Å². The molecule has 0 aromatic heterocycles. The van der Waals surface area contributed by atoms with Gasteiger partial charge in [0.25, 0.3) is 0 Å². The van der Waals surface area contributed by atoms with E-state index < -0.39 is 0 Å². The summed E-state index contributed by atoms with van der Waals surface area (Å²) in [6.45, 7) is 0. The topological polar surface area (TPSA) is 12.0 Å². The van der Waals surface area contributed by atoms with Crippen LogP contribution in [0.25, 0.3) is 0 Å². The van der Waals surface area contributed by atoms with Gasteiger partial charge in [0.2, 0.25) is 0 Å². The number of nitrogens with one attached hydrogen (secondary N) is 1. The minimum atomic E-state index is 0.335. The van der Waals surface area contributed by atoms with E-state index in [1.807, 2.05) is 19.2 Å². The van der Waals surface area contributed by atoms with E-state index in [0.29, 0.717) is 22.0 Å². The Morgan fingerprint density at radius 2 is 1.60 bits per heavy atom. The van der Waals surface area contributed by atoms with Gasteiger partial charge in [0, 0.05) is 12.0 Å². The molecule has 0 radical (unpaired) electrons. The lowest BCUT2D eigenvalue weighted by molar-refractivity contribution is 0.471. The Morgan fingerprint density at radius 1 is 0.900 bits per heavy atom. The van der Waals surface area contributed by atoms with Crippen LogP contribution < -0.4 is 5.32 Å². The standard InChI is InChI=1S/C17H17Cl2N/c1-20-16-10-9-12(11-5-2-3-6-13(11)16)14-7-4-8-15(18)17(14)19/h2-8,12,16,20H,9-10H2,1H3/t12?,16-/m0/s1. The lowest BCUT2D eigenvalue weighted by atomic mass is 9.77. The van der Waals surface area contributed by atoms with Gasteiger partial charge in [-0.2, -0.15) is 0 Å². The van der Waals surface area contributed by atoms with Gasteiger partial charge in [-0.3, -0.25) is 0 Å². The molecule has 2 aromatic rings. The number of benzene rings is 2. The number of halogens is 2. The van der Waals surface area contributed by atoms with Crippen molar-refractivity contribution in [2.24, 2.45) is 0 Å². The van der Waals surface area contributed by atoms with Crippen LogP contribution in [0.3, 0.4) is 0 Å². The van der Waals surface area contributed by atoms with Crippen molar-refractivity contribution in [1.29, 1.82) is 0 Å². The molecule has 0 amide bonds. The van der Waals surface area contributed by atoms with Crippen LogP contribution >= 0.6 is 23.2 Å². The van der Waals surface area contributed by atoms with Crippen LogP contribution in [0, 0.1) is 0 Å². The van der Waals surface area contributed by atoms with Crippen LogP contribution in [0.4, 0.5) is 0 Å². The van der Waals surface area contributed by atoms with E-state index in [1.54, 1.807) is 0 Å². The first-order valence-electron chi connectivity index (χ1n) is 6.92. The summed E-state index contributed by atoms with van der Waals surface area (Å²) in [5, 5.41) is 4.73. The van der Waals surface area contributed by atoms with Gasteiger partial charge >= 0.3 is 0 Å². The van der Waals surface area contributed by atoms with E-state index in [1.165, 1.54) is 11.1 Å². The molecule has 2 atom stereocenters. The van der Waals surface area contributed by atoms with Gasteiger partial charge in [0.1, 0.15) is 0 Å². The van der Waals surface area contributed by atoms with Gasteiger partial charge in [0.15, 0.2) is 0 Å². The molecular weight excluding hydrogens is 289 g/mol. The quantitative estimate of drug-likeness (QED) is 0.806. The normalized spacial score (nSPS) is 21.6. The molecule has 1 unspecified atom stereocenters. The third kappa shape index (κ3) is 2.35. The SMILES string of the molecule is CN[C@H]1CCC(c2cccc(Cl)c2Cl)c2ccccc21. The van der Waals surface area contributed by atoms with Gasteiger partial charge in [0.05, 0.1) is 10.0 Å². The molecule has 0 aliphatic heterocycles. The summed E-state index contributed by atoms with van der Waals surface area (Å²) in [6, 6.07) is 15.0.